The van der Waals surface area contributed by atoms with Gasteiger partial charge in [0.25, 0.3) is 0 Å². The van der Waals surface area contributed by atoms with Crippen molar-refractivity contribution in [2.75, 3.05) is 0 Å². The number of fused-ring (bicyclic) bond motifs is 1. The van der Waals surface area contributed by atoms with Crippen molar-refractivity contribution in [1.29, 1.82) is 0 Å². The first-order chi connectivity index (χ1) is 15.9. The summed E-state index contributed by atoms with van der Waals surface area (Å²) in [7, 11) is 0. The Hall–Kier alpha value is -3.37. The van der Waals surface area contributed by atoms with Crippen LogP contribution < -0.4 is 0 Å². The van der Waals surface area contributed by atoms with Gasteiger partial charge in [0.15, 0.2) is 0 Å². The van der Waals surface area contributed by atoms with Crippen molar-refractivity contribution in [3.05, 3.63) is 115 Å². The first kappa shape index (κ1) is 21.5. The summed E-state index contributed by atoms with van der Waals surface area (Å²) >= 11 is 1.62. The van der Waals surface area contributed by atoms with Gasteiger partial charge in [-0.25, -0.2) is 0 Å². The summed E-state index contributed by atoms with van der Waals surface area (Å²) in [6, 6.07) is 34.8. The van der Waals surface area contributed by atoms with Crippen LogP contribution in [-0.2, 0) is 20.1 Å². The maximum Gasteiger partial charge on any atom is 0.0692 e. The van der Waals surface area contributed by atoms with Crippen molar-refractivity contribution in [2.24, 2.45) is 0 Å². The van der Waals surface area contributed by atoms with Gasteiger partial charge in [0, 0.05) is 43.6 Å². The molecule has 0 aliphatic heterocycles. The SMILES string of the molecule is [Ir].[c-]1ccc2ncsc2c1-c1nccn1-c1c(-c2ccccc2)cccc1-c1ccccc1. The number of aromatic nitrogens is 3. The predicted octanol–water partition coefficient (Wildman–Crippen LogP) is 7.28. The average molecular weight is 621 g/mol. The fourth-order valence-corrected chi connectivity index (χ4v) is 4.95. The molecule has 0 spiro atoms. The average Bonchev–Trinajstić information content (AvgIpc) is 3.54. The van der Waals surface area contributed by atoms with E-state index in [2.05, 4.69) is 82.3 Å². The minimum Gasteiger partial charge on any atom is -0.339 e. The van der Waals surface area contributed by atoms with E-state index in [0.717, 1.165) is 38.4 Å². The van der Waals surface area contributed by atoms with E-state index in [1.807, 2.05) is 42.2 Å². The van der Waals surface area contributed by atoms with Gasteiger partial charge in [-0.3, -0.25) is 9.97 Å². The van der Waals surface area contributed by atoms with E-state index in [0.29, 0.717) is 0 Å². The molecule has 3 nitrogen and oxygen atoms in total. The molecule has 4 aromatic carbocycles. The van der Waals surface area contributed by atoms with Crippen LogP contribution in [0.1, 0.15) is 0 Å². The summed E-state index contributed by atoms with van der Waals surface area (Å²) in [6.45, 7) is 0. The second-order valence-electron chi connectivity index (χ2n) is 7.47. The molecule has 6 rings (SSSR count). The fourth-order valence-electron chi connectivity index (χ4n) is 4.17. The molecule has 161 valence electrons. The minimum absolute atomic E-state index is 0. The molecule has 0 saturated heterocycles. The van der Waals surface area contributed by atoms with Crippen LogP contribution in [0.4, 0.5) is 0 Å². The molecule has 2 heterocycles. The van der Waals surface area contributed by atoms with Crippen LogP contribution in [0.25, 0.3) is 49.5 Å². The summed E-state index contributed by atoms with van der Waals surface area (Å²) in [5.74, 6) is 0.861. The monoisotopic (exact) mass is 621 g/mol. The number of para-hydroxylation sites is 1. The normalized spacial score (nSPS) is 10.8. The van der Waals surface area contributed by atoms with Gasteiger partial charge < -0.3 is 4.57 Å². The van der Waals surface area contributed by atoms with E-state index >= 15 is 0 Å². The summed E-state index contributed by atoms with van der Waals surface area (Å²) in [5, 5.41) is 0. The number of hydrogen-bond acceptors (Lipinski definition) is 3. The molecule has 0 aliphatic rings. The van der Waals surface area contributed by atoms with Crippen molar-refractivity contribution in [3.8, 4) is 39.3 Å². The molecule has 0 atom stereocenters. The second-order valence-corrected chi connectivity index (χ2v) is 8.33. The van der Waals surface area contributed by atoms with E-state index in [9.17, 15) is 0 Å². The summed E-state index contributed by atoms with van der Waals surface area (Å²) < 4.78 is 3.29. The number of imidazole rings is 1. The van der Waals surface area contributed by atoms with Crippen LogP contribution in [0, 0.1) is 6.07 Å². The molecule has 0 N–H and O–H groups in total. The number of nitrogens with zero attached hydrogens (tertiary/aromatic N) is 3. The third-order valence-corrected chi connectivity index (χ3v) is 6.46. The molecule has 33 heavy (non-hydrogen) atoms. The molecule has 0 aliphatic carbocycles. The Labute approximate surface area is 209 Å². The van der Waals surface area contributed by atoms with E-state index in [4.69, 9.17) is 4.98 Å². The third kappa shape index (κ3) is 3.85. The van der Waals surface area contributed by atoms with Crippen molar-refractivity contribution in [3.63, 3.8) is 0 Å². The van der Waals surface area contributed by atoms with Crippen LogP contribution in [-0.4, -0.2) is 14.5 Å². The second kappa shape index (κ2) is 9.24. The van der Waals surface area contributed by atoms with Gasteiger partial charge in [-0.05, 0) is 21.3 Å². The van der Waals surface area contributed by atoms with Crippen molar-refractivity contribution in [2.45, 2.75) is 0 Å². The smallest absolute Gasteiger partial charge is 0.0692 e. The molecule has 0 fully saturated rings. The molecule has 2 aromatic heterocycles. The Morgan fingerprint density at radius 1 is 0.727 bits per heavy atom. The summed E-state index contributed by atoms with van der Waals surface area (Å²) in [6.07, 6.45) is 3.90. The minimum atomic E-state index is 0. The zero-order chi connectivity index (χ0) is 21.3. The zero-order valence-corrected chi connectivity index (χ0v) is 20.7. The molecular weight excluding hydrogens is 603 g/mol. The Morgan fingerprint density at radius 3 is 2.06 bits per heavy atom. The number of benzene rings is 4. The molecule has 0 amide bonds. The van der Waals surface area contributed by atoms with Gasteiger partial charge in [-0.2, -0.15) is 11.3 Å². The quantitative estimate of drug-likeness (QED) is 0.194. The molecular formula is C28H18IrN3S-. The van der Waals surface area contributed by atoms with Gasteiger partial charge in [0.2, 0.25) is 0 Å². The Balaban J connectivity index is 0.00000228. The maximum atomic E-state index is 4.77. The molecule has 0 saturated carbocycles. The van der Waals surface area contributed by atoms with Gasteiger partial charge in [0.1, 0.15) is 0 Å². The fraction of sp³-hybridized carbons (Fsp3) is 0. The molecule has 0 bridgehead atoms. The van der Waals surface area contributed by atoms with Crippen molar-refractivity contribution >= 4 is 21.6 Å². The molecule has 1 radical (unpaired) electrons. The zero-order valence-electron chi connectivity index (χ0n) is 17.5. The summed E-state index contributed by atoms with van der Waals surface area (Å²) in [5.41, 5.74) is 9.56. The number of hydrogen-bond donors (Lipinski definition) is 0. The van der Waals surface area contributed by atoms with Gasteiger partial charge in [-0.15, -0.1) is 18.2 Å². The molecule has 5 heteroatoms. The predicted molar refractivity (Wildman–Crippen MR) is 132 cm³/mol. The van der Waals surface area contributed by atoms with Crippen LogP contribution in [0.15, 0.2) is 109 Å². The van der Waals surface area contributed by atoms with Crippen LogP contribution >= 0.6 is 11.3 Å². The Kier molecular flexibility index (Phi) is 6.01. The number of rotatable bonds is 4. The van der Waals surface area contributed by atoms with Crippen LogP contribution in [0.5, 0.6) is 0 Å². The van der Waals surface area contributed by atoms with Crippen molar-refractivity contribution < 1.29 is 20.1 Å². The number of thiazole rings is 1. The van der Waals surface area contributed by atoms with E-state index < -0.39 is 0 Å². The van der Waals surface area contributed by atoms with Crippen LogP contribution in [0.2, 0.25) is 0 Å². The Bertz CT molecular complexity index is 1460. The molecule has 0 unspecified atom stereocenters. The van der Waals surface area contributed by atoms with Crippen molar-refractivity contribution in [1.82, 2.24) is 14.5 Å². The first-order valence-corrected chi connectivity index (χ1v) is 11.3. The van der Waals surface area contributed by atoms with Gasteiger partial charge in [0.05, 0.1) is 17.0 Å². The topological polar surface area (TPSA) is 30.7 Å². The maximum absolute atomic E-state index is 4.77. The Morgan fingerprint density at radius 2 is 1.39 bits per heavy atom. The molecule has 6 aromatic rings. The third-order valence-electron chi connectivity index (χ3n) is 5.60. The standard InChI is InChI=1S/C28H18N3S.Ir/c1-3-9-20(10-4-1)22-13-7-14-23(21-11-5-2-6-12-21)26(22)31-18-17-29-28(31)24-15-8-16-25-27(24)32-19-30-25;/h1-14,16-19H;/q-1;. The summed E-state index contributed by atoms with van der Waals surface area (Å²) in [4.78, 5) is 9.26. The van der Waals surface area contributed by atoms with Crippen LogP contribution in [0.3, 0.4) is 0 Å². The van der Waals surface area contributed by atoms with Gasteiger partial charge >= 0.3 is 0 Å². The van der Waals surface area contributed by atoms with E-state index in [1.54, 1.807) is 11.3 Å². The first-order valence-electron chi connectivity index (χ1n) is 10.4. The van der Waals surface area contributed by atoms with Gasteiger partial charge in [-0.1, -0.05) is 84.4 Å². The van der Waals surface area contributed by atoms with E-state index in [1.165, 1.54) is 11.1 Å². The largest absolute Gasteiger partial charge is 0.339 e. The van der Waals surface area contributed by atoms with E-state index in [-0.39, 0.29) is 20.1 Å².